The Labute approximate surface area is 139 Å². The van der Waals surface area contributed by atoms with E-state index in [1.807, 2.05) is 26.0 Å². The van der Waals surface area contributed by atoms with Gasteiger partial charge < -0.3 is 16.2 Å². The van der Waals surface area contributed by atoms with E-state index in [1.165, 1.54) is 6.33 Å². The van der Waals surface area contributed by atoms with Crippen molar-refractivity contribution in [2.24, 2.45) is 0 Å². The molecule has 6 heteroatoms. The van der Waals surface area contributed by atoms with Gasteiger partial charge in [-0.25, -0.2) is 15.0 Å². The van der Waals surface area contributed by atoms with Crippen LogP contribution in [0.2, 0.25) is 0 Å². The summed E-state index contributed by atoms with van der Waals surface area (Å²) in [5.41, 5.74) is 11.1. The number of hydrogen-bond acceptors (Lipinski definition) is 6. The average Bonchev–Trinajstić information content (AvgIpc) is 3.36. The molecule has 0 radical (unpaired) electrons. The Kier molecular flexibility index (Phi) is 3.26. The molecule has 2 aromatic heterocycles. The van der Waals surface area contributed by atoms with Gasteiger partial charge in [0, 0.05) is 11.6 Å². The number of phenolic OH excluding ortho intramolecular Hbond substituents is 1. The molecule has 1 aromatic carbocycles. The number of benzene rings is 1. The van der Waals surface area contributed by atoms with Crippen molar-refractivity contribution in [1.82, 2.24) is 15.0 Å². The van der Waals surface area contributed by atoms with Crippen LogP contribution in [0.3, 0.4) is 0 Å². The predicted octanol–water partition coefficient (Wildman–Crippen LogP) is 3.17. The Bertz CT molecular complexity index is 950. The monoisotopic (exact) mass is 321 g/mol. The van der Waals surface area contributed by atoms with Crippen LogP contribution in [0.25, 0.3) is 22.2 Å². The zero-order valence-corrected chi connectivity index (χ0v) is 13.7. The molecule has 0 saturated heterocycles. The van der Waals surface area contributed by atoms with Gasteiger partial charge in [0.15, 0.2) is 5.82 Å². The van der Waals surface area contributed by atoms with E-state index >= 15 is 0 Å². The molecule has 0 spiro atoms. The van der Waals surface area contributed by atoms with Crippen LogP contribution in [-0.2, 0) is 0 Å². The first-order valence-electron chi connectivity index (χ1n) is 8.02. The first kappa shape index (κ1) is 14.7. The number of nitrogens with zero attached hydrogens (tertiary/aromatic N) is 3. The molecule has 0 bridgehead atoms. The number of phenols is 1. The number of rotatable bonds is 3. The van der Waals surface area contributed by atoms with Crippen LogP contribution >= 0.6 is 0 Å². The molecule has 4 N–H and O–H groups in total. The summed E-state index contributed by atoms with van der Waals surface area (Å²) in [5.74, 6) is 1.39. The van der Waals surface area contributed by atoms with Gasteiger partial charge in [-0.05, 0) is 55.5 Å². The standard InChI is InChI=1S/C18H19N5O/c1-9-3-6-13(24)10(2)15(9)12-7-14(22-11-4-5-11)23-17-16(12)20-8-21-18(17)19/h3,6-8,11,24H,4-5H2,1-2H3,(H,22,23)(H2,19,20,21). The third-order valence-corrected chi connectivity index (χ3v) is 4.46. The molecule has 4 rings (SSSR count). The van der Waals surface area contributed by atoms with Crippen LogP contribution in [0.1, 0.15) is 24.0 Å². The molecule has 2 heterocycles. The van der Waals surface area contributed by atoms with Gasteiger partial charge in [-0.15, -0.1) is 0 Å². The van der Waals surface area contributed by atoms with Crippen molar-refractivity contribution >= 4 is 22.7 Å². The first-order valence-corrected chi connectivity index (χ1v) is 8.02. The molecule has 3 aromatic rings. The van der Waals surface area contributed by atoms with Crippen LogP contribution in [0.5, 0.6) is 5.75 Å². The molecule has 24 heavy (non-hydrogen) atoms. The molecule has 122 valence electrons. The molecular formula is C18H19N5O. The fourth-order valence-corrected chi connectivity index (χ4v) is 3.01. The Morgan fingerprint density at radius 1 is 1.17 bits per heavy atom. The fourth-order valence-electron chi connectivity index (χ4n) is 3.01. The van der Waals surface area contributed by atoms with Gasteiger partial charge in [0.2, 0.25) is 0 Å². The molecule has 1 fully saturated rings. The molecule has 0 aliphatic heterocycles. The van der Waals surface area contributed by atoms with Crippen LogP contribution in [0.4, 0.5) is 11.6 Å². The summed E-state index contributed by atoms with van der Waals surface area (Å²) in [5, 5.41) is 13.6. The summed E-state index contributed by atoms with van der Waals surface area (Å²) in [7, 11) is 0. The lowest BCUT2D eigenvalue weighted by atomic mass is 9.94. The number of nitrogens with two attached hydrogens (primary N) is 1. The number of pyridine rings is 1. The zero-order valence-electron chi connectivity index (χ0n) is 13.7. The van der Waals surface area contributed by atoms with Crippen molar-refractivity contribution in [3.63, 3.8) is 0 Å². The van der Waals surface area contributed by atoms with Gasteiger partial charge in [-0.2, -0.15) is 0 Å². The third-order valence-electron chi connectivity index (χ3n) is 4.46. The molecular weight excluding hydrogens is 302 g/mol. The lowest BCUT2D eigenvalue weighted by molar-refractivity contribution is 0.471. The Morgan fingerprint density at radius 3 is 2.71 bits per heavy atom. The maximum Gasteiger partial charge on any atom is 0.153 e. The molecule has 1 aliphatic carbocycles. The summed E-state index contributed by atoms with van der Waals surface area (Å²) in [6.07, 6.45) is 3.75. The molecule has 0 unspecified atom stereocenters. The second-order valence-electron chi connectivity index (χ2n) is 6.33. The average molecular weight is 321 g/mol. The van der Waals surface area contributed by atoms with Gasteiger partial charge in [-0.1, -0.05) is 6.07 Å². The second kappa shape index (κ2) is 5.33. The van der Waals surface area contributed by atoms with Crippen molar-refractivity contribution in [1.29, 1.82) is 0 Å². The van der Waals surface area contributed by atoms with E-state index in [2.05, 4.69) is 20.3 Å². The van der Waals surface area contributed by atoms with E-state index < -0.39 is 0 Å². The highest BCUT2D eigenvalue weighted by Crippen LogP contribution is 2.38. The number of aryl methyl sites for hydroxylation is 1. The number of aromatic hydroxyl groups is 1. The van der Waals surface area contributed by atoms with Crippen molar-refractivity contribution in [2.75, 3.05) is 11.1 Å². The van der Waals surface area contributed by atoms with Crippen LogP contribution in [0.15, 0.2) is 24.5 Å². The summed E-state index contributed by atoms with van der Waals surface area (Å²) in [4.78, 5) is 13.1. The van der Waals surface area contributed by atoms with E-state index in [9.17, 15) is 5.11 Å². The second-order valence-corrected chi connectivity index (χ2v) is 6.33. The first-order chi connectivity index (χ1) is 11.5. The number of hydrogen-bond donors (Lipinski definition) is 3. The lowest BCUT2D eigenvalue weighted by Crippen LogP contribution is -2.06. The minimum Gasteiger partial charge on any atom is -0.508 e. The third kappa shape index (κ3) is 2.40. The van der Waals surface area contributed by atoms with Crippen molar-refractivity contribution in [3.05, 3.63) is 35.7 Å². The maximum atomic E-state index is 10.1. The van der Waals surface area contributed by atoms with Crippen LogP contribution in [-0.4, -0.2) is 26.1 Å². The predicted molar refractivity (Wildman–Crippen MR) is 95.0 cm³/mol. The normalized spacial score (nSPS) is 14.1. The number of fused-ring (bicyclic) bond motifs is 1. The number of aromatic nitrogens is 3. The van der Waals surface area contributed by atoms with E-state index in [-0.39, 0.29) is 5.75 Å². The Hall–Kier alpha value is -2.89. The van der Waals surface area contributed by atoms with E-state index in [1.54, 1.807) is 6.07 Å². The van der Waals surface area contributed by atoms with Crippen molar-refractivity contribution in [2.45, 2.75) is 32.7 Å². The maximum absolute atomic E-state index is 10.1. The largest absolute Gasteiger partial charge is 0.508 e. The molecule has 0 atom stereocenters. The Morgan fingerprint density at radius 2 is 1.96 bits per heavy atom. The summed E-state index contributed by atoms with van der Waals surface area (Å²) in [6, 6.07) is 6.08. The van der Waals surface area contributed by atoms with E-state index in [4.69, 9.17) is 5.73 Å². The summed E-state index contributed by atoms with van der Waals surface area (Å²) >= 11 is 0. The van der Waals surface area contributed by atoms with Crippen LogP contribution in [0, 0.1) is 13.8 Å². The SMILES string of the molecule is Cc1ccc(O)c(C)c1-c1cc(NC2CC2)nc2c(N)ncnc12. The smallest absolute Gasteiger partial charge is 0.153 e. The van der Waals surface area contributed by atoms with Gasteiger partial charge in [0.1, 0.15) is 28.9 Å². The quantitative estimate of drug-likeness (QED) is 0.685. The minimum atomic E-state index is 0.263. The minimum absolute atomic E-state index is 0.263. The van der Waals surface area contributed by atoms with Gasteiger partial charge in [0.25, 0.3) is 0 Å². The van der Waals surface area contributed by atoms with Gasteiger partial charge in [-0.3, -0.25) is 0 Å². The number of nitrogen functional groups attached to an aromatic ring is 1. The number of anilines is 2. The highest BCUT2D eigenvalue weighted by Gasteiger charge is 2.23. The molecule has 1 aliphatic rings. The van der Waals surface area contributed by atoms with E-state index in [0.29, 0.717) is 22.9 Å². The zero-order chi connectivity index (χ0) is 16.8. The van der Waals surface area contributed by atoms with Gasteiger partial charge in [0.05, 0.1) is 0 Å². The van der Waals surface area contributed by atoms with Crippen molar-refractivity contribution < 1.29 is 5.11 Å². The van der Waals surface area contributed by atoms with Gasteiger partial charge >= 0.3 is 0 Å². The molecule has 6 nitrogen and oxygen atoms in total. The fraction of sp³-hybridized carbons (Fsp3) is 0.278. The Balaban J connectivity index is 2.03. The molecule has 0 amide bonds. The highest BCUT2D eigenvalue weighted by molar-refractivity contribution is 5.99. The highest BCUT2D eigenvalue weighted by atomic mass is 16.3. The summed E-state index contributed by atoms with van der Waals surface area (Å²) < 4.78 is 0. The lowest BCUT2D eigenvalue weighted by Gasteiger charge is -2.15. The van der Waals surface area contributed by atoms with Crippen LogP contribution < -0.4 is 11.1 Å². The molecule has 1 saturated carbocycles. The number of nitrogens with one attached hydrogen (secondary N) is 1. The summed E-state index contributed by atoms with van der Waals surface area (Å²) in [6.45, 7) is 3.93. The van der Waals surface area contributed by atoms with Crippen molar-refractivity contribution in [3.8, 4) is 16.9 Å². The topological polar surface area (TPSA) is 97.0 Å². The van der Waals surface area contributed by atoms with E-state index in [0.717, 1.165) is 40.9 Å².